The van der Waals surface area contributed by atoms with Crippen LogP contribution in [0.25, 0.3) is 45.3 Å². The SMILES string of the molecule is C=[n+]1ccc(=C2C=c3cc(CC(C)C)sc3=C[N-]2)cc1-c1cc(C(C)(C)C)c2ccccc2c1. The quantitative estimate of drug-likeness (QED) is 0.346. The number of hydrogen-bond acceptors (Lipinski definition) is 1. The maximum absolute atomic E-state index is 4.82. The van der Waals surface area contributed by atoms with E-state index in [0.29, 0.717) is 5.92 Å². The van der Waals surface area contributed by atoms with Crippen molar-refractivity contribution in [2.75, 3.05) is 0 Å². The highest BCUT2D eigenvalue weighted by Gasteiger charge is 2.20. The Morgan fingerprint density at radius 2 is 1.82 bits per heavy atom. The molecule has 1 aliphatic rings. The molecule has 2 aromatic carbocycles. The van der Waals surface area contributed by atoms with Crippen molar-refractivity contribution < 1.29 is 4.24 Å². The van der Waals surface area contributed by atoms with Crippen LogP contribution in [-0.2, 0) is 11.8 Å². The highest BCUT2D eigenvalue weighted by Crippen LogP contribution is 2.33. The zero-order valence-electron chi connectivity index (χ0n) is 20.7. The van der Waals surface area contributed by atoms with E-state index >= 15 is 0 Å². The van der Waals surface area contributed by atoms with Crippen LogP contribution < -0.4 is 19.2 Å². The zero-order chi connectivity index (χ0) is 24.0. The molecule has 0 saturated heterocycles. The van der Waals surface area contributed by atoms with Gasteiger partial charge in [-0.2, -0.15) is 10.4 Å². The van der Waals surface area contributed by atoms with Crippen molar-refractivity contribution >= 4 is 40.1 Å². The first-order valence-corrected chi connectivity index (χ1v) is 12.8. The molecule has 0 aliphatic carbocycles. The van der Waals surface area contributed by atoms with Gasteiger partial charge in [0.1, 0.15) is 6.72 Å². The lowest BCUT2D eigenvalue weighted by atomic mass is 9.82. The Morgan fingerprint density at radius 3 is 2.59 bits per heavy atom. The molecule has 0 amide bonds. The molecule has 0 bridgehead atoms. The standard InChI is InChI=1S/C31H32N2S/c1-20(2)13-25-15-24-17-28(32-19-30(24)34-25)22-11-12-33(6)29(18-22)23-14-21-9-7-8-10-26(21)27(16-23)31(3,4)5/h7-12,14-20H,6,13H2,1-5H3. The summed E-state index contributed by atoms with van der Waals surface area (Å²) in [6, 6.07) is 19.9. The number of thiophene rings is 1. The number of benzene rings is 2. The van der Waals surface area contributed by atoms with Gasteiger partial charge in [0.05, 0.1) is 0 Å². The third kappa shape index (κ3) is 4.33. The van der Waals surface area contributed by atoms with E-state index in [1.807, 2.05) is 28.0 Å². The maximum Gasteiger partial charge on any atom is 0.217 e. The van der Waals surface area contributed by atoms with E-state index in [0.717, 1.165) is 23.0 Å². The molecular weight excluding hydrogens is 432 g/mol. The molecule has 0 N–H and O–H groups in total. The number of nitrogens with zero attached hydrogens (tertiary/aromatic N) is 2. The lowest BCUT2D eigenvalue weighted by molar-refractivity contribution is -0.486. The van der Waals surface area contributed by atoms with E-state index in [1.165, 1.54) is 36.5 Å². The van der Waals surface area contributed by atoms with Crippen LogP contribution in [0.2, 0.25) is 0 Å². The third-order valence-corrected chi connectivity index (χ3v) is 7.47. The first-order chi connectivity index (χ1) is 16.2. The van der Waals surface area contributed by atoms with Crippen molar-refractivity contribution in [1.29, 1.82) is 0 Å². The monoisotopic (exact) mass is 464 g/mol. The Morgan fingerprint density at radius 1 is 1.03 bits per heavy atom. The van der Waals surface area contributed by atoms with Crippen LogP contribution in [0.4, 0.5) is 0 Å². The number of hydrogen-bond donors (Lipinski definition) is 0. The van der Waals surface area contributed by atoms with Gasteiger partial charge in [0, 0.05) is 27.1 Å². The fourth-order valence-electron chi connectivity index (χ4n) is 4.68. The van der Waals surface area contributed by atoms with Gasteiger partial charge in [-0.05, 0) is 62.7 Å². The molecular formula is C31H32N2S. The second-order valence-corrected chi connectivity index (χ2v) is 11.9. The van der Waals surface area contributed by atoms with Crippen LogP contribution in [0.15, 0.2) is 60.8 Å². The first-order valence-electron chi connectivity index (χ1n) is 12.0. The minimum atomic E-state index is 0.0401. The minimum Gasteiger partial charge on any atom is -0.662 e. The average Bonchev–Trinajstić information content (AvgIpc) is 3.18. The fourth-order valence-corrected chi connectivity index (χ4v) is 5.90. The fraction of sp³-hybridized carbons (Fsp3) is 0.258. The Labute approximate surface area is 205 Å². The molecule has 5 rings (SSSR count). The summed E-state index contributed by atoms with van der Waals surface area (Å²) in [5.41, 5.74) is 4.65. The Hall–Kier alpha value is -3.17. The largest absolute Gasteiger partial charge is 0.662 e. The van der Waals surface area contributed by atoms with Gasteiger partial charge in [0.15, 0.2) is 6.20 Å². The van der Waals surface area contributed by atoms with Crippen molar-refractivity contribution in [1.82, 2.24) is 0 Å². The van der Waals surface area contributed by atoms with Gasteiger partial charge in [-0.3, -0.25) is 0 Å². The Balaban J connectivity index is 1.68. The highest BCUT2D eigenvalue weighted by atomic mass is 32.1. The van der Waals surface area contributed by atoms with Crippen LogP contribution in [0.1, 0.15) is 45.1 Å². The molecule has 3 heterocycles. The number of aromatic nitrogens is 1. The molecule has 3 heteroatoms. The van der Waals surface area contributed by atoms with Gasteiger partial charge in [0.2, 0.25) is 5.69 Å². The molecule has 0 fully saturated rings. The molecule has 2 nitrogen and oxygen atoms in total. The van der Waals surface area contributed by atoms with Crippen molar-refractivity contribution in [2.45, 2.75) is 46.5 Å². The molecule has 0 saturated carbocycles. The van der Waals surface area contributed by atoms with Gasteiger partial charge >= 0.3 is 0 Å². The van der Waals surface area contributed by atoms with Gasteiger partial charge in [-0.25, -0.2) is 0 Å². The summed E-state index contributed by atoms with van der Waals surface area (Å²) in [7, 11) is 0. The van der Waals surface area contributed by atoms with E-state index < -0.39 is 0 Å². The minimum absolute atomic E-state index is 0.0401. The predicted octanol–water partition coefficient (Wildman–Crippen LogP) is 5.71. The summed E-state index contributed by atoms with van der Waals surface area (Å²) in [5.74, 6) is 0.657. The zero-order valence-corrected chi connectivity index (χ0v) is 21.5. The second-order valence-electron chi connectivity index (χ2n) is 10.7. The van der Waals surface area contributed by atoms with Crippen LogP contribution in [0.5, 0.6) is 0 Å². The Kier molecular flexibility index (Phi) is 5.69. The summed E-state index contributed by atoms with van der Waals surface area (Å²) >= 11 is 1.86. The van der Waals surface area contributed by atoms with Crippen LogP contribution in [0.3, 0.4) is 0 Å². The van der Waals surface area contributed by atoms with Crippen molar-refractivity contribution in [2.24, 2.45) is 5.92 Å². The molecule has 0 unspecified atom stereocenters. The molecule has 1 aliphatic heterocycles. The van der Waals surface area contributed by atoms with Gasteiger partial charge < -0.3 is 5.32 Å². The van der Waals surface area contributed by atoms with E-state index in [2.05, 4.69) is 102 Å². The number of fused-ring (bicyclic) bond motifs is 2. The maximum atomic E-state index is 4.82. The van der Waals surface area contributed by atoms with Gasteiger partial charge in [-0.1, -0.05) is 65.0 Å². The second kappa shape index (κ2) is 8.56. The molecule has 0 atom stereocenters. The molecule has 0 radical (unpaired) electrons. The van der Waals surface area contributed by atoms with Crippen LogP contribution >= 0.6 is 11.3 Å². The van der Waals surface area contributed by atoms with E-state index in [4.69, 9.17) is 5.32 Å². The smallest absolute Gasteiger partial charge is 0.217 e. The summed E-state index contributed by atoms with van der Waals surface area (Å²) in [4.78, 5) is 1.43. The lowest BCUT2D eigenvalue weighted by Gasteiger charge is -2.22. The normalized spacial score (nSPS) is 15.0. The lowest BCUT2D eigenvalue weighted by Crippen LogP contribution is -2.24. The molecule has 172 valence electrons. The predicted molar refractivity (Wildman–Crippen MR) is 146 cm³/mol. The van der Waals surface area contributed by atoms with E-state index in [1.54, 1.807) is 0 Å². The molecule has 34 heavy (non-hydrogen) atoms. The highest BCUT2D eigenvalue weighted by molar-refractivity contribution is 7.09. The van der Waals surface area contributed by atoms with E-state index in [9.17, 15) is 0 Å². The van der Waals surface area contributed by atoms with Crippen molar-refractivity contribution in [3.05, 3.63) is 98.2 Å². The third-order valence-electron chi connectivity index (χ3n) is 6.36. The first kappa shape index (κ1) is 22.6. The summed E-state index contributed by atoms with van der Waals surface area (Å²) < 4.78 is 3.22. The summed E-state index contributed by atoms with van der Waals surface area (Å²) in [6.07, 6.45) is 7.41. The van der Waals surface area contributed by atoms with Crippen molar-refractivity contribution in [3.8, 4) is 11.3 Å². The number of rotatable bonds is 3. The van der Waals surface area contributed by atoms with Gasteiger partial charge in [0.25, 0.3) is 0 Å². The number of pyridine rings is 1. The molecule has 4 aromatic rings. The van der Waals surface area contributed by atoms with Crippen molar-refractivity contribution in [3.63, 3.8) is 0 Å². The van der Waals surface area contributed by atoms with Crippen LogP contribution in [0, 0.1) is 12.6 Å². The average molecular weight is 465 g/mol. The topological polar surface area (TPSA) is 20.0 Å². The molecule has 2 aromatic heterocycles. The van der Waals surface area contributed by atoms with E-state index in [-0.39, 0.29) is 5.41 Å². The Bertz CT molecular complexity index is 1630. The summed E-state index contributed by atoms with van der Waals surface area (Å²) in [6.45, 7) is 15.7. The molecule has 0 spiro atoms. The summed E-state index contributed by atoms with van der Waals surface area (Å²) in [5, 5.41) is 9.78. The van der Waals surface area contributed by atoms with Gasteiger partial charge in [-0.15, -0.1) is 17.0 Å². The van der Waals surface area contributed by atoms with Crippen LogP contribution in [-0.4, -0.2) is 0 Å².